The Morgan fingerprint density at radius 1 is 1.88 bits per heavy atom. The van der Waals surface area contributed by atoms with Crippen LogP contribution < -0.4 is 0 Å². The molecule has 1 radical (unpaired) electrons. The van der Waals surface area contributed by atoms with E-state index in [1.807, 2.05) is 6.20 Å². The van der Waals surface area contributed by atoms with Gasteiger partial charge in [0.2, 0.25) is 0 Å². The summed E-state index contributed by atoms with van der Waals surface area (Å²) >= 11 is 1.40. The van der Waals surface area contributed by atoms with E-state index in [1.54, 1.807) is 0 Å². The van der Waals surface area contributed by atoms with Crippen molar-refractivity contribution in [1.82, 2.24) is 4.37 Å². The lowest BCUT2D eigenvalue weighted by atomic mass is 10.2. The Hall–Kier alpha value is -0.370. The van der Waals surface area contributed by atoms with Crippen molar-refractivity contribution in [2.24, 2.45) is 0 Å². The third-order valence-corrected chi connectivity index (χ3v) is 1.52. The van der Waals surface area contributed by atoms with Crippen LogP contribution in [0, 0.1) is 5.38 Å². The van der Waals surface area contributed by atoms with Crippen molar-refractivity contribution in [3.05, 3.63) is 17.1 Å². The number of aromatic nitrogens is 1. The van der Waals surface area contributed by atoms with Crippen LogP contribution >= 0.6 is 11.5 Å². The molecule has 1 nitrogen and oxygen atoms in total. The quantitative estimate of drug-likeness (QED) is 0.589. The van der Waals surface area contributed by atoms with E-state index in [4.69, 9.17) is 0 Å². The maximum Gasteiger partial charge on any atom is 0.0700 e. The Morgan fingerprint density at radius 3 is 3.25 bits per heavy atom. The van der Waals surface area contributed by atoms with Crippen molar-refractivity contribution in [1.29, 1.82) is 0 Å². The van der Waals surface area contributed by atoms with Gasteiger partial charge in [-0.1, -0.05) is 13.3 Å². The second-order valence-electron chi connectivity index (χ2n) is 1.70. The van der Waals surface area contributed by atoms with Crippen LogP contribution in [0.1, 0.15) is 18.9 Å². The van der Waals surface area contributed by atoms with Crippen molar-refractivity contribution in [2.75, 3.05) is 0 Å². The molecule has 43 valence electrons. The van der Waals surface area contributed by atoms with Gasteiger partial charge in [0.15, 0.2) is 0 Å². The van der Waals surface area contributed by atoms with Crippen molar-refractivity contribution in [3.8, 4) is 0 Å². The van der Waals surface area contributed by atoms with Gasteiger partial charge in [-0.15, -0.1) is 0 Å². The third kappa shape index (κ3) is 1.30. The third-order valence-electron chi connectivity index (χ3n) is 0.957. The topological polar surface area (TPSA) is 12.9 Å². The highest BCUT2D eigenvalue weighted by Crippen LogP contribution is 2.02. The molecular formula is C6H8NS. The van der Waals surface area contributed by atoms with Gasteiger partial charge in [-0.2, -0.15) is 0 Å². The molecule has 0 aliphatic carbocycles. The molecule has 0 fully saturated rings. The molecule has 0 bridgehead atoms. The molecule has 0 amide bonds. The largest absolute Gasteiger partial charge is 0.200 e. The minimum Gasteiger partial charge on any atom is -0.200 e. The predicted octanol–water partition coefficient (Wildman–Crippen LogP) is 1.90. The van der Waals surface area contributed by atoms with E-state index in [0.717, 1.165) is 6.42 Å². The first-order chi connectivity index (χ1) is 3.93. The average molecular weight is 126 g/mol. The summed E-state index contributed by atoms with van der Waals surface area (Å²) in [6, 6.07) is 0. The minimum atomic E-state index is 1.12. The minimum absolute atomic E-state index is 1.12. The number of aryl methyl sites for hydroxylation is 1. The summed E-state index contributed by atoms with van der Waals surface area (Å²) in [5, 5.41) is 3.07. The number of rotatable bonds is 2. The lowest BCUT2D eigenvalue weighted by Crippen LogP contribution is -1.74. The molecule has 0 aromatic carbocycles. The standard InChI is InChI=1S/C6H8NS/c1-2-3-6-4-7-8-5-6/h4H,2-3H2,1H3. The zero-order chi connectivity index (χ0) is 5.82. The van der Waals surface area contributed by atoms with Crippen LogP contribution in [-0.2, 0) is 6.42 Å². The maximum absolute atomic E-state index is 3.93. The van der Waals surface area contributed by atoms with Gasteiger partial charge in [0.1, 0.15) is 0 Å². The molecule has 1 aromatic rings. The van der Waals surface area contributed by atoms with Crippen LogP contribution in [0.25, 0.3) is 0 Å². The molecule has 0 saturated heterocycles. The molecular weight excluding hydrogens is 118 g/mol. The number of nitrogens with zero attached hydrogens (tertiary/aromatic N) is 1. The van der Waals surface area contributed by atoms with Crippen molar-refractivity contribution in [3.63, 3.8) is 0 Å². The van der Waals surface area contributed by atoms with Crippen LogP contribution in [0.3, 0.4) is 0 Å². The molecule has 0 aliphatic heterocycles. The first-order valence-electron chi connectivity index (χ1n) is 2.74. The summed E-state index contributed by atoms with van der Waals surface area (Å²) in [7, 11) is 0. The lowest BCUT2D eigenvalue weighted by molar-refractivity contribution is 0.922. The van der Waals surface area contributed by atoms with E-state index in [9.17, 15) is 0 Å². The molecule has 0 N–H and O–H groups in total. The molecule has 1 rings (SSSR count). The van der Waals surface area contributed by atoms with Gasteiger partial charge in [0.05, 0.1) is 5.38 Å². The van der Waals surface area contributed by atoms with Crippen LogP contribution in [0.5, 0.6) is 0 Å². The zero-order valence-corrected chi connectivity index (χ0v) is 5.66. The number of hydrogen-bond donors (Lipinski definition) is 0. The van der Waals surface area contributed by atoms with Crippen LogP contribution in [0.4, 0.5) is 0 Å². The van der Waals surface area contributed by atoms with Crippen molar-refractivity contribution in [2.45, 2.75) is 19.8 Å². The molecule has 8 heavy (non-hydrogen) atoms. The van der Waals surface area contributed by atoms with Crippen molar-refractivity contribution < 1.29 is 0 Å². The fourth-order valence-electron chi connectivity index (χ4n) is 0.586. The van der Waals surface area contributed by atoms with Crippen LogP contribution in [-0.4, -0.2) is 4.37 Å². The maximum atomic E-state index is 3.93. The van der Waals surface area contributed by atoms with E-state index in [2.05, 4.69) is 16.7 Å². The molecule has 1 heterocycles. The fourth-order valence-corrected chi connectivity index (χ4v) is 1.09. The summed E-state index contributed by atoms with van der Waals surface area (Å²) in [6.07, 6.45) is 4.19. The molecule has 1 aromatic heterocycles. The first kappa shape index (κ1) is 5.76. The molecule has 0 atom stereocenters. The summed E-state index contributed by atoms with van der Waals surface area (Å²) in [5.74, 6) is 0. The van der Waals surface area contributed by atoms with Crippen LogP contribution in [0.15, 0.2) is 6.20 Å². The van der Waals surface area contributed by atoms with E-state index in [-0.39, 0.29) is 0 Å². The first-order valence-corrected chi connectivity index (χ1v) is 3.52. The van der Waals surface area contributed by atoms with E-state index >= 15 is 0 Å². The zero-order valence-electron chi connectivity index (χ0n) is 4.85. The van der Waals surface area contributed by atoms with Gasteiger partial charge < -0.3 is 0 Å². The Labute approximate surface area is 53.5 Å². The monoisotopic (exact) mass is 126 g/mol. The summed E-state index contributed by atoms with van der Waals surface area (Å²) in [6.45, 7) is 2.16. The molecule has 2 heteroatoms. The number of hydrogen-bond acceptors (Lipinski definition) is 2. The fraction of sp³-hybridized carbons (Fsp3) is 0.500. The Morgan fingerprint density at radius 2 is 2.75 bits per heavy atom. The summed E-state index contributed by atoms with van der Waals surface area (Å²) in [4.78, 5) is 0. The van der Waals surface area contributed by atoms with Crippen LogP contribution in [0.2, 0.25) is 0 Å². The second-order valence-corrected chi connectivity index (χ2v) is 2.30. The van der Waals surface area contributed by atoms with Gasteiger partial charge in [-0.25, -0.2) is 4.37 Å². The van der Waals surface area contributed by atoms with Gasteiger partial charge in [-0.3, -0.25) is 0 Å². The van der Waals surface area contributed by atoms with Gasteiger partial charge in [0, 0.05) is 6.20 Å². The van der Waals surface area contributed by atoms with Gasteiger partial charge in [0.25, 0.3) is 0 Å². The average Bonchev–Trinajstić information content (AvgIpc) is 2.19. The highest BCUT2D eigenvalue weighted by atomic mass is 32.1. The van der Waals surface area contributed by atoms with Gasteiger partial charge in [-0.05, 0) is 23.5 Å². The molecule has 0 saturated carbocycles. The normalized spacial score (nSPS) is 9.62. The Balaban J connectivity index is 2.50. The summed E-state index contributed by atoms with van der Waals surface area (Å²) < 4.78 is 3.93. The Bertz CT molecular complexity index is 134. The molecule has 0 unspecified atom stereocenters. The molecule has 0 aliphatic rings. The highest BCUT2D eigenvalue weighted by Gasteiger charge is 1.89. The summed E-state index contributed by atoms with van der Waals surface area (Å²) in [5.41, 5.74) is 1.25. The second kappa shape index (κ2) is 2.82. The Kier molecular flexibility index (Phi) is 2.03. The van der Waals surface area contributed by atoms with Crippen molar-refractivity contribution >= 4 is 11.5 Å². The van der Waals surface area contributed by atoms with E-state index in [0.29, 0.717) is 0 Å². The predicted molar refractivity (Wildman–Crippen MR) is 34.9 cm³/mol. The highest BCUT2D eigenvalue weighted by molar-refractivity contribution is 7.03. The van der Waals surface area contributed by atoms with E-state index < -0.39 is 0 Å². The van der Waals surface area contributed by atoms with E-state index in [1.165, 1.54) is 23.5 Å². The smallest absolute Gasteiger partial charge is 0.0700 e. The lowest BCUT2D eigenvalue weighted by Gasteiger charge is -1.84. The SMILES string of the molecule is CCCc1[c]snc1. The molecule has 0 spiro atoms. The van der Waals surface area contributed by atoms with Gasteiger partial charge >= 0.3 is 0 Å².